The molecule has 166 valence electrons. The summed E-state index contributed by atoms with van der Waals surface area (Å²) < 4.78 is 5.56. The molecule has 2 aromatic carbocycles. The summed E-state index contributed by atoms with van der Waals surface area (Å²) in [6, 6.07) is 15.4. The van der Waals surface area contributed by atoms with Gasteiger partial charge in [0.25, 0.3) is 0 Å². The fraction of sp³-hybridized carbons (Fsp3) is 0.400. The zero-order valence-corrected chi connectivity index (χ0v) is 17.9. The second kappa shape index (κ2) is 7.65. The van der Waals surface area contributed by atoms with E-state index in [1.165, 1.54) is 4.90 Å². The zero-order chi connectivity index (χ0) is 22.5. The van der Waals surface area contributed by atoms with Gasteiger partial charge in [0.2, 0.25) is 5.91 Å². The quantitative estimate of drug-likeness (QED) is 0.727. The maximum atomic E-state index is 13.0. The number of amides is 2. The van der Waals surface area contributed by atoms with Crippen LogP contribution in [0.5, 0.6) is 0 Å². The van der Waals surface area contributed by atoms with Gasteiger partial charge in [0.15, 0.2) is 0 Å². The Labute approximate surface area is 186 Å². The number of carbonyl (C=O) groups excluding carboxylic acids is 2. The van der Waals surface area contributed by atoms with E-state index in [1.54, 1.807) is 6.92 Å². The number of rotatable bonds is 6. The van der Waals surface area contributed by atoms with Crippen LogP contribution in [-0.4, -0.2) is 52.7 Å². The lowest BCUT2D eigenvalue weighted by Crippen LogP contribution is -2.58. The first kappa shape index (κ1) is 20.5. The van der Waals surface area contributed by atoms with E-state index in [0.717, 1.165) is 22.3 Å². The maximum Gasteiger partial charge on any atom is 0.407 e. The van der Waals surface area contributed by atoms with Crippen molar-refractivity contribution in [3.63, 3.8) is 0 Å². The molecule has 7 heteroatoms. The van der Waals surface area contributed by atoms with Crippen molar-refractivity contribution in [2.45, 2.75) is 43.7 Å². The average molecular weight is 434 g/mol. The highest BCUT2D eigenvalue weighted by molar-refractivity contribution is 5.93. The Morgan fingerprint density at radius 3 is 2.25 bits per heavy atom. The molecule has 1 atom stereocenters. The number of ether oxygens (including phenoxy) is 1. The van der Waals surface area contributed by atoms with Gasteiger partial charge >= 0.3 is 12.1 Å². The van der Waals surface area contributed by atoms with Crippen molar-refractivity contribution in [1.82, 2.24) is 10.2 Å². The van der Waals surface area contributed by atoms with Crippen molar-refractivity contribution in [2.75, 3.05) is 13.2 Å². The molecule has 0 aromatic heterocycles. The van der Waals surface area contributed by atoms with Gasteiger partial charge in [0.05, 0.1) is 0 Å². The van der Waals surface area contributed by atoms with E-state index in [9.17, 15) is 19.5 Å². The van der Waals surface area contributed by atoms with Crippen LogP contribution in [0.1, 0.15) is 43.2 Å². The fourth-order valence-corrected chi connectivity index (χ4v) is 5.58. The number of hydrogen-bond donors (Lipinski definition) is 2. The number of fused-ring (bicyclic) bond motifs is 4. The Hall–Kier alpha value is -3.35. The Morgan fingerprint density at radius 1 is 1.09 bits per heavy atom. The minimum Gasteiger partial charge on any atom is -0.479 e. The molecule has 2 bridgehead atoms. The summed E-state index contributed by atoms with van der Waals surface area (Å²) in [4.78, 5) is 38.8. The van der Waals surface area contributed by atoms with Gasteiger partial charge in [-0.25, -0.2) is 9.59 Å². The van der Waals surface area contributed by atoms with Gasteiger partial charge in [-0.3, -0.25) is 4.79 Å². The molecule has 0 radical (unpaired) electrons. The predicted octanol–water partition coefficient (Wildman–Crippen LogP) is 3.38. The lowest BCUT2D eigenvalue weighted by atomic mass is 9.73. The largest absolute Gasteiger partial charge is 0.479 e. The summed E-state index contributed by atoms with van der Waals surface area (Å²) in [5.41, 5.74) is 3.42. The monoisotopic (exact) mass is 434 g/mol. The molecule has 2 heterocycles. The van der Waals surface area contributed by atoms with Gasteiger partial charge in [-0.2, -0.15) is 0 Å². The third-order valence-corrected chi connectivity index (χ3v) is 7.22. The number of nitrogens with zero attached hydrogens (tertiary/aromatic N) is 1. The third kappa shape index (κ3) is 3.06. The number of carbonyl (C=O) groups is 3. The molecule has 2 N–H and O–H groups in total. The van der Waals surface area contributed by atoms with Crippen LogP contribution in [-0.2, 0) is 14.3 Å². The predicted molar refractivity (Wildman–Crippen MR) is 117 cm³/mol. The second-order valence-corrected chi connectivity index (χ2v) is 8.99. The lowest BCUT2D eigenvalue weighted by molar-refractivity contribution is -0.159. The third-order valence-electron chi connectivity index (χ3n) is 7.22. The van der Waals surface area contributed by atoms with Crippen LogP contribution in [0.25, 0.3) is 11.1 Å². The Bertz CT molecular complexity index is 1050. The first-order chi connectivity index (χ1) is 15.4. The van der Waals surface area contributed by atoms with Crippen molar-refractivity contribution in [1.29, 1.82) is 0 Å². The normalized spacial score (nSPS) is 23.7. The minimum atomic E-state index is -1.10. The SMILES string of the molecule is CCC(NC(=O)OCC1c2ccccc2-c2ccccc21)C(=O)N1CC2CC1(C(=O)O)C2. The standard InChI is InChI=1S/C25H26N2O5/c1-2-21(22(28)27-13-15-11-25(27,12-15)23(29)30)26-24(31)32-14-20-18-9-5-3-7-16(18)17-8-4-6-10-19(17)20/h3-10,15,20-21H,2,11-14H2,1H3,(H,26,31)(H,29,30). The first-order valence-corrected chi connectivity index (χ1v) is 11.1. The topological polar surface area (TPSA) is 95.9 Å². The molecular formula is C25H26N2O5. The summed E-state index contributed by atoms with van der Waals surface area (Å²) in [5, 5.41) is 12.3. The summed E-state index contributed by atoms with van der Waals surface area (Å²) in [6.45, 7) is 2.39. The fourth-order valence-electron chi connectivity index (χ4n) is 5.58. The smallest absolute Gasteiger partial charge is 0.407 e. The molecule has 2 saturated heterocycles. The van der Waals surface area contributed by atoms with E-state index < -0.39 is 23.6 Å². The highest BCUT2D eigenvalue weighted by atomic mass is 16.5. The molecule has 2 aromatic rings. The number of aliphatic carboxylic acids is 1. The van der Waals surface area contributed by atoms with E-state index >= 15 is 0 Å². The molecular weight excluding hydrogens is 408 g/mol. The zero-order valence-electron chi connectivity index (χ0n) is 17.9. The van der Waals surface area contributed by atoms with Crippen LogP contribution in [0, 0.1) is 5.92 Å². The van der Waals surface area contributed by atoms with Crippen molar-refractivity contribution < 1.29 is 24.2 Å². The molecule has 1 saturated carbocycles. The van der Waals surface area contributed by atoms with Gasteiger partial charge < -0.3 is 20.1 Å². The number of hydrogen-bond acceptors (Lipinski definition) is 4. The van der Waals surface area contributed by atoms with E-state index in [-0.39, 0.29) is 24.3 Å². The van der Waals surface area contributed by atoms with E-state index in [4.69, 9.17) is 4.74 Å². The van der Waals surface area contributed by atoms with E-state index in [0.29, 0.717) is 25.8 Å². The van der Waals surface area contributed by atoms with Crippen LogP contribution in [0.15, 0.2) is 48.5 Å². The molecule has 2 amide bonds. The Kier molecular flexibility index (Phi) is 4.92. The lowest BCUT2D eigenvalue weighted by Gasteiger charge is -2.38. The molecule has 7 nitrogen and oxygen atoms in total. The number of nitrogens with one attached hydrogen (secondary N) is 1. The molecule has 2 aliphatic carbocycles. The van der Waals surface area contributed by atoms with Gasteiger partial charge in [-0.15, -0.1) is 0 Å². The van der Waals surface area contributed by atoms with E-state index in [2.05, 4.69) is 17.4 Å². The van der Waals surface area contributed by atoms with E-state index in [1.807, 2.05) is 36.4 Å². The summed E-state index contributed by atoms with van der Waals surface area (Å²) >= 11 is 0. The molecule has 2 aliphatic heterocycles. The number of benzene rings is 2. The van der Waals surface area contributed by atoms with Gasteiger partial charge in [-0.05, 0) is 47.4 Å². The van der Waals surface area contributed by atoms with Crippen LogP contribution in [0.4, 0.5) is 4.79 Å². The van der Waals surface area contributed by atoms with Gasteiger partial charge in [0, 0.05) is 12.5 Å². The summed E-state index contributed by atoms with van der Waals surface area (Å²) in [5.74, 6) is -1.13. The number of carboxylic acids is 1. The van der Waals surface area contributed by atoms with Crippen LogP contribution in [0.3, 0.4) is 0 Å². The Morgan fingerprint density at radius 2 is 1.69 bits per heavy atom. The van der Waals surface area contributed by atoms with Crippen LogP contribution >= 0.6 is 0 Å². The average Bonchev–Trinajstić information content (AvgIpc) is 3.44. The maximum absolute atomic E-state index is 13.0. The second-order valence-electron chi connectivity index (χ2n) is 8.99. The number of alkyl carbamates (subject to hydrolysis) is 1. The molecule has 3 fully saturated rings. The van der Waals surface area contributed by atoms with Crippen molar-refractivity contribution in [3.8, 4) is 11.1 Å². The van der Waals surface area contributed by atoms with Gasteiger partial charge in [0.1, 0.15) is 18.2 Å². The summed E-state index contributed by atoms with van der Waals surface area (Å²) in [6.07, 6.45) is 0.688. The number of carboxylic acid groups (broad SMARTS) is 1. The molecule has 32 heavy (non-hydrogen) atoms. The van der Waals surface area contributed by atoms with Crippen LogP contribution in [0.2, 0.25) is 0 Å². The molecule has 4 aliphatic rings. The van der Waals surface area contributed by atoms with Crippen LogP contribution < -0.4 is 5.32 Å². The molecule has 0 spiro atoms. The van der Waals surface area contributed by atoms with Crippen molar-refractivity contribution in [2.24, 2.45) is 5.92 Å². The van der Waals surface area contributed by atoms with Crippen molar-refractivity contribution >= 4 is 18.0 Å². The molecule has 1 unspecified atom stereocenters. The highest BCUT2D eigenvalue weighted by Crippen LogP contribution is 2.51. The Balaban J connectivity index is 1.25. The minimum absolute atomic E-state index is 0.0648. The van der Waals surface area contributed by atoms with Gasteiger partial charge in [-0.1, -0.05) is 55.5 Å². The highest BCUT2D eigenvalue weighted by Gasteiger charge is 2.63. The van der Waals surface area contributed by atoms with Crippen molar-refractivity contribution in [3.05, 3.63) is 59.7 Å². The summed E-state index contributed by atoms with van der Waals surface area (Å²) in [7, 11) is 0. The first-order valence-electron chi connectivity index (χ1n) is 11.1. The molecule has 6 rings (SSSR count).